The van der Waals surface area contributed by atoms with Gasteiger partial charge in [0, 0.05) is 0 Å². The molecule has 0 atom stereocenters. The van der Waals surface area contributed by atoms with E-state index in [-0.39, 0.29) is 75.5 Å². The molecule has 0 aliphatic heterocycles. The van der Waals surface area contributed by atoms with Crippen molar-refractivity contribution in [1.82, 2.24) is 0 Å². The molecule has 0 unspecified atom stereocenters. The van der Waals surface area contributed by atoms with Gasteiger partial charge in [0.25, 0.3) is 0 Å². The van der Waals surface area contributed by atoms with Gasteiger partial charge in [-0.15, -0.1) is 18.1 Å². The summed E-state index contributed by atoms with van der Waals surface area (Å²) >= 11 is 6.49. The van der Waals surface area contributed by atoms with Crippen LogP contribution in [0.1, 0.15) is 0 Å². The maximum absolute atomic E-state index is 8.89. The molecule has 12 heteroatoms. The van der Waals surface area contributed by atoms with E-state index in [1.54, 1.807) is 0 Å². The van der Waals surface area contributed by atoms with Crippen LogP contribution in [0.3, 0.4) is 0 Å². The van der Waals surface area contributed by atoms with Gasteiger partial charge in [0.1, 0.15) is 0 Å². The van der Waals surface area contributed by atoms with Crippen LogP contribution in [-0.2, 0) is 40.5 Å². The minimum atomic E-state index is -4.33. The first-order valence-electron chi connectivity index (χ1n) is 1.33. The van der Waals surface area contributed by atoms with Gasteiger partial charge in [0.05, 0.1) is 0 Å². The van der Waals surface area contributed by atoms with E-state index in [9.17, 15) is 0 Å². The van der Waals surface area contributed by atoms with Crippen molar-refractivity contribution in [3.05, 3.63) is 0 Å². The predicted octanol–water partition coefficient (Wildman–Crippen LogP) is -2.77. The number of hydrogen-bond donors (Lipinski definition) is 0. The van der Waals surface area contributed by atoms with Crippen LogP contribution < -0.4 is 0 Å². The summed E-state index contributed by atoms with van der Waals surface area (Å²) in [5.41, 5.74) is 0. The Bertz CT molecular complexity index is 214. The minimum absolute atomic E-state index is 0. The van der Waals surface area contributed by atoms with E-state index in [2.05, 4.69) is 22.4 Å². The van der Waals surface area contributed by atoms with Gasteiger partial charge >= 0.3 is 75.5 Å². The van der Waals surface area contributed by atoms with E-state index < -0.39 is 18.1 Å². The molecule has 0 bridgehead atoms. The molecule has 6 nitrogen and oxygen atoms in total. The molecule has 0 aliphatic carbocycles. The molecule has 0 fully saturated rings. The first-order chi connectivity index (χ1) is 4.00. The molecule has 0 rings (SSSR count). The molecule has 0 heterocycles. The maximum atomic E-state index is 8.89. The van der Waals surface area contributed by atoms with Gasteiger partial charge in [-0.25, -0.2) is 0 Å². The van der Waals surface area contributed by atoms with Crippen LogP contribution in [-0.4, -0.2) is 102 Å². The summed E-state index contributed by atoms with van der Waals surface area (Å²) in [5, 5.41) is 0. The Kier molecular flexibility index (Phi) is 21.5. The van der Waals surface area contributed by atoms with E-state index in [4.69, 9.17) is 26.6 Å². The molecule has 0 aromatic rings. The summed E-state index contributed by atoms with van der Waals surface area (Å²) in [7, 11) is -8.67. The van der Waals surface area contributed by atoms with Crippen molar-refractivity contribution in [3.8, 4) is 0 Å². The van der Waals surface area contributed by atoms with Crippen molar-refractivity contribution < 1.29 is 26.6 Å². The second-order valence-electron chi connectivity index (χ2n) is 0.816. The van der Waals surface area contributed by atoms with Gasteiger partial charge in [-0.05, 0) is 22.4 Å². The Morgan fingerprint density at radius 2 is 0.750 bits per heavy atom. The number of hydrogen-bond acceptors (Lipinski definition) is 8. The van der Waals surface area contributed by atoms with Crippen LogP contribution in [0.4, 0.5) is 0 Å². The summed E-state index contributed by atoms with van der Waals surface area (Å²) in [6, 6.07) is 0. The second kappa shape index (κ2) is 10.6. The summed E-state index contributed by atoms with van der Waals surface area (Å²) in [4.78, 5) is 0. The molecular formula is Ca2O6S4. The predicted molar refractivity (Wildman–Crippen MR) is 45.6 cm³/mol. The molecule has 0 N–H and O–H groups in total. The third-order valence-electron chi connectivity index (χ3n) is 0. The summed E-state index contributed by atoms with van der Waals surface area (Å²) in [5.74, 6) is 0. The fourth-order valence-corrected chi connectivity index (χ4v) is 0. The van der Waals surface area contributed by atoms with E-state index in [0.29, 0.717) is 0 Å². The van der Waals surface area contributed by atoms with Crippen molar-refractivity contribution >= 4 is 116 Å². The monoisotopic (exact) mass is 304 g/mol. The topological polar surface area (TPSA) is 126 Å². The van der Waals surface area contributed by atoms with Gasteiger partial charge in [-0.3, -0.25) is 8.42 Å². The Balaban J connectivity index is -0.0000000457. The molecular weight excluding hydrogens is 304 g/mol. The molecule has 0 amide bonds. The number of rotatable bonds is 0. The maximum Gasteiger partial charge on any atom is 2.00 e. The summed E-state index contributed by atoms with van der Waals surface area (Å²) in [6.45, 7) is 0. The normalized spacial score (nSPS) is 9.67. The second-order valence-corrected chi connectivity index (χ2v) is 4.90. The van der Waals surface area contributed by atoms with E-state index in [0.717, 1.165) is 0 Å². The molecule has 12 heavy (non-hydrogen) atoms. The van der Waals surface area contributed by atoms with Gasteiger partial charge in [0.15, 0.2) is 0 Å². The van der Waals surface area contributed by atoms with E-state index in [1.807, 2.05) is 0 Å². The first-order valence-corrected chi connectivity index (χ1v) is 6.00. The smallest absolute Gasteiger partial charge is 0.780 e. The molecule has 0 spiro atoms. The molecule has 0 aliphatic rings. The van der Waals surface area contributed by atoms with Gasteiger partial charge in [-0.1, -0.05) is 0 Å². The van der Waals surface area contributed by atoms with Gasteiger partial charge in [-0.2, -0.15) is 0 Å². The average molecular weight is 304 g/mol. The molecule has 0 saturated heterocycles. The average Bonchev–Trinajstić information content (AvgIpc) is 1.12. The van der Waals surface area contributed by atoms with Crippen molar-refractivity contribution in [1.29, 1.82) is 0 Å². The van der Waals surface area contributed by atoms with Crippen LogP contribution in [0, 0.1) is 0 Å². The fraction of sp³-hybridized carbons (Fsp3) is 0. The van der Waals surface area contributed by atoms with Crippen LogP contribution in [0.2, 0.25) is 0 Å². The van der Waals surface area contributed by atoms with Crippen molar-refractivity contribution in [2.75, 3.05) is 0 Å². The van der Waals surface area contributed by atoms with Gasteiger partial charge < -0.3 is 18.2 Å². The van der Waals surface area contributed by atoms with Crippen LogP contribution in [0.25, 0.3) is 0 Å². The largest absolute Gasteiger partial charge is 2.00 e. The SMILES string of the molecule is O=S([O-])([O-])=S.O=S([O-])([O-])=S.[Ca+2].[Ca+2]. The Labute approximate surface area is 140 Å². The minimum Gasteiger partial charge on any atom is -0.780 e. The summed E-state index contributed by atoms with van der Waals surface area (Å²) < 4.78 is 53.3. The zero-order valence-corrected chi connectivity index (χ0v) is 13.2. The van der Waals surface area contributed by atoms with Crippen molar-refractivity contribution in [2.45, 2.75) is 0 Å². The molecule has 0 aromatic heterocycles. The molecule has 0 aromatic carbocycles. The standard InChI is InChI=1S/2Ca.2H2O3S2/c;;2*1-5(2,3)4/h;;2*(H2,1,2,3,4)/q2*+2;;/p-4. The summed E-state index contributed by atoms with van der Waals surface area (Å²) in [6.07, 6.45) is 0. The van der Waals surface area contributed by atoms with Crippen LogP contribution in [0.5, 0.6) is 0 Å². The Hall–Kier alpha value is 3.10. The molecule has 64 valence electrons. The molecule has 0 radical (unpaired) electrons. The zero-order chi connectivity index (χ0) is 9.00. The van der Waals surface area contributed by atoms with Crippen molar-refractivity contribution in [2.24, 2.45) is 0 Å². The van der Waals surface area contributed by atoms with Crippen molar-refractivity contribution in [3.63, 3.8) is 0 Å². The molecule has 0 saturated carbocycles. The fourth-order valence-electron chi connectivity index (χ4n) is 0. The van der Waals surface area contributed by atoms with E-state index in [1.165, 1.54) is 0 Å². The van der Waals surface area contributed by atoms with Crippen LogP contribution >= 0.6 is 0 Å². The first kappa shape index (κ1) is 24.4. The van der Waals surface area contributed by atoms with E-state index >= 15 is 0 Å². The Morgan fingerprint density at radius 3 is 0.750 bits per heavy atom. The zero-order valence-electron chi connectivity index (χ0n) is 5.50. The van der Waals surface area contributed by atoms with Crippen LogP contribution in [0.15, 0.2) is 0 Å². The third kappa shape index (κ3) is 200. The Morgan fingerprint density at radius 1 is 0.750 bits per heavy atom. The quantitative estimate of drug-likeness (QED) is 0.440. The third-order valence-corrected chi connectivity index (χ3v) is 0. The van der Waals surface area contributed by atoms with Gasteiger partial charge in [0.2, 0.25) is 0 Å².